The normalized spacial score (nSPS) is 14.5. The molecule has 0 fully saturated rings. The predicted molar refractivity (Wildman–Crippen MR) is 79.4 cm³/mol. The fourth-order valence-electron chi connectivity index (χ4n) is 2.74. The van der Waals surface area contributed by atoms with E-state index in [0.29, 0.717) is 6.54 Å². The smallest absolute Gasteiger partial charge is 0.312 e. The van der Waals surface area contributed by atoms with Crippen molar-refractivity contribution in [1.82, 2.24) is 9.97 Å². The largest absolute Gasteiger partial charge is 0.481 e. The van der Waals surface area contributed by atoms with Crippen molar-refractivity contribution >= 4 is 11.8 Å². The number of nitrogens with zero attached hydrogens (tertiary/aromatic N) is 2. The molecule has 0 aliphatic heterocycles. The number of rotatable bonds is 5. The van der Waals surface area contributed by atoms with Gasteiger partial charge >= 0.3 is 5.97 Å². The lowest BCUT2D eigenvalue weighted by Gasteiger charge is -2.15. The number of carboxylic acids is 1. The van der Waals surface area contributed by atoms with Crippen LogP contribution in [0.2, 0.25) is 0 Å². The van der Waals surface area contributed by atoms with E-state index >= 15 is 0 Å². The average Bonchev–Trinajstić information content (AvgIpc) is 2.97. The van der Waals surface area contributed by atoms with Crippen LogP contribution in [0.1, 0.15) is 29.2 Å². The maximum absolute atomic E-state index is 11.5. The van der Waals surface area contributed by atoms with Gasteiger partial charge < -0.3 is 10.4 Å². The summed E-state index contributed by atoms with van der Waals surface area (Å²) in [5.41, 5.74) is 3.01. The molecule has 0 radical (unpaired) electrons. The number of aliphatic carboxylic acids is 1. The number of aryl methyl sites for hydroxylation is 1. The summed E-state index contributed by atoms with van der Waals surface area (Å²) < 4.78 is 0. The van der Waals surface area contributed by atoms with E-state index in [1.807, 2.05) is 30.3 Å². The molecular formula is C16H17N3O2. The van der Waals surface area contributed by atoms with Crippen LogP contribution >= 0.6 is 0 Å². The number of hydrogen-bond acceptors (Lipinski definition) is 4. The molecule has 1 aromatic heterocycles. The van der Waals surface area contributed by atoms with Crippen LogP contribution in [0.4, 0.5) is 5.82 Å². The lowest BCUT2D eigenvalue weighted by molar-refractivity contribution is -0.138. The molecule has 5 heteroatoms. The molecule has 3 rings (SSSR count). The Bertz CT molecular complexity index is 643. The monoisotopic (exact) mass is 283 g/mol. The van der Waals surface area contributed by atoms with E-state index in [1.54, 1.807) is 6.33 Å². The highest BCUT2D eigenvalue weighted by Gasteiger charge is 2.22. The molecule has 0 saturated carbocycles. The van der Waals surface area contributed by atoms with Crippen molar-refractivity contribution < 1.29 is 9.90 Å². The quantitative estimate of drug-likeness (QED) is 0.880. The second-order valence-corrected chi connectivity index (χ2v) is 5.18. The third kappa shape index (κ3) is 2.86. The number of carboxylic acid groups (broad SMARTS) is 1. The fourth-order valence-corrected chi connectivity index (χ4v) is 2.74. The van der Waals surface area contributed by atoms with Crippen molar-refractivity contribution in [3.05, 3.63) is 53.5 Å². The molecule has 1 aliphatic rings. The van der Waals surface area contributed by atoms with E-state index in [2.05, 4.69) is 15.3 Å². The van der Waals surface area contributed by atoms with Crippen LogP contribution < -0.4 is 5.32 Å². The Morgan fingerprint density at radius 1 is 1.24 bits per heavy atom. The van der Waals surface area contributed by atoms with Gasteiger partial charge in [-0.05, 0) is 24.8 Å². The molecule has 1 unspecified atom stereocenters. The van der Waals surface area contributed by atoms with Gasteiger partial charge in [0, 0.05) is 17.8 Å². The second-order valence-electron chi connectivity index (χ2n) is 5.18. The molecule has 5 nitrogen and oxygen atoms in total. The summed E-state index contributed by atoms with van der Waals surface area (Å²) in [7, 11) is 0. The number of aromatic nitrogens is 2. The molecule has 1 aromatic carbocycles. The third-order valence-corrected chi connectivity index (χ3v) is 3.85. The van der Waals surface area contributed by atoms with E-state index in [1.165, 1.54) is 0 Å². The second kappa shape index (κ2) is 5.91. The van der Waals surface area contributed by atoms with Crippen LogP contribution in [0, 0.1) is 0 Å². The van der Waals surface area contributed by atoms with E-state index in [-0.39, 0.29) is 0 Å². The molecule has 2 aromatic rings. The van der Waals surface area contributed by atoms with Crippen molar-refractivity contribution in [2.75, 3.05) is 11.9 Å². The molecule has 0 spiro atoms. The Hall–Kier alpha value is -2.43. The summed E-state index contributed by atoms with van der Waals surface area (Å²) in [6.45, 7) is 0.322. The summed E-state index contributed by atoms with van der Waals surface area (Å²) in [5, 5.41) is 12.6. The zero-order chi connectivity index (χ0) is 14.7. The van der Waals surface area contributed by atoms with Crippen LogP contribution in [0.25, 0.3) is 0 Å². The minimum absolute atomic E-state index is 0.322. The molecular weight excluding hydrogens is 266 g/mol. The van der Waals surface area contributed by atoms with Gasteiger partial charge in [-0.25, -0.2) is 9.97 Å². The van der Waals surface area contributed by atoms with Gasteiger partial charge in [-0.3, -0.25) is 4.79 Å². The minimum Gasteiger partial charge on any atom is -0.481 e. The summed E-state index contributed by atoms with van der Waals surface area (Å²) in [6, 6.07) is 9.27. The van der Waals surface area contributed by atoms with Crippen molar-refractivity contribution in [3.63, 3.8) is 0 Å². The van der Waals surface area contributed by atoms with Gasteiger partial charge in [0.15, 0.2) is 0 Å². The molecule has 1 aliphatic carbocycles. The maximum Gasteiger partial charge on any atom is 0.312 e. The Morgan fingerprint density at radius 2 is 2.05 bits per heavy atom. The highest BCUT2D eigenvalue weighted by atomic mass is 16.4. The SMILES string of the molecule is O=C(O)C(CNc1ncnc2c1CCC2)c1ccccc1. The Balaban J connectivity index is 1.77. The van der Waals surface area contributed by atoms with Crippen molar-refractivity contribution in [2.24, 2.45) is 0 Å². The van der Waals surface area contributed by atoms with E-state index in [9.17, 15) is 9.90 Å². The Labute approximate surface area is 123 Å². The summed E-state index contributed by atoms with van der Waals surface area (Å²) in [4.78, 5) is 20.0. The first-order valence-corrected chi connectivity index (χ1v) is 7.10. The summed E-state index contributed by atoms with van der Waals surface area (Å²) in [5.74, 6) is -0.641. The van der Waals surface area contributed by atoms with Gasteiger partial charge in [-0.1, -0.05) is 30.3 Å². The van der Waals surface area contributed by atoms with E-state index in [0.717, 1.165) is 41.9 Å². The lowest BCUT2D eigenvalue weighted by atomic mass is 9.99. The Morgan fingerprint density at radius 3 is 2.81 bits per heavy atom. The molecule has 0 amide bonds. The number of benzene rings is 1. The first kappa shape index (κ1) is 13.5. The van der Waals surface area contributed by atoms with E-state index < -0.39 is 11.9 Å². The van der Waals surface area contributed by atoms with Gasteiger partial charge in [0.05, 0.1) is 5.92 Å². The van der Waals surface area contributed by atoms with Crippen LogP contribution in [-0.2, 0) is 17.6 Å². The Kier molecular flexibility index (Phi) is 3.81. The first-order chi connectivity index (χ1) is 10.3. The molecule has 21 heavy (non-hydrogen) atoms. The van der Waals surface area contributed by atoms with Crippen LogP contribution in [-0.4, -0.2) is 27.6 Å². The third-order valence-electron chi connectivity index (χ3n) is 3.85. The van der Waals surface area contributed by atoms with Gasteiger partial charge in [-0.15, -0.1) is 0 Å². The van der Waals surface area contributed by atoms with E-state index in [4.69, 9.17) is 0 Å². The van der Waals surface area contributed by atoms with Crippen molar-refractivity contribution in [3.8, 4) is 0 Å². The van der Waals surface area contributed by atoms with Crippen LogP contribution in [0.5, 0.6) is 0 Å². The molecule has 1 atom stereocenters. The average molecular weight is 283 g/mol. The number of nitrogens with one attached hydrogen (secondary N) is 1. The van der Waals surface area contributed by atoms with Crippen molar-refractivity contribution in [1.29, 1.82) is 0 Å². The maximum atomic E-state index is 11.5. The number of hydrogen-bond donors (Lipinski definition) is 2. The highest BCUT2D eigenvalue weighted by Crippen LogP contribution is 2.26. The zero-order valence-electron chi connectivity index (χ0n) is 11.6. The zero-order valence-corrected chi connectivity index (χ0v) is 11.6. The van der Waals surface area contributed by atoms with Gasteiger partial charge in [0.2, 0.25) is 0 Å². The predicted octanol–water partition coefficient (Wildman–Crippen LogP) is 2.25. The van der Waals surface area contributed by atoms with Crippen LogP contribution in [0.3, 0.4) is 0 Å². The molecule has 0 bridgehead atoms. The standard InChI is InChI=1S/C16H17N3O2/c20-16(21)13(11-5-2-1-3-6-11)9-17-15-12-7-4-8-14(12)18-10-19-15/h1-3,5-6,10,13H,4,7-9H2,(H,20,21)(H,17,18,19). The summed E-state index contributed by atoms with van der Waals surface area (Å²) >= 11 is 0. The molecule has 0 saturated heterocycles. The number of fused-ring (bicyclic) bond motifs is 1. The molecule has 2 N–H and O–H groups in total. The first-order valence-electron chi connectivity index (χ1n) is 7.10. The van der Waals surface area contributed by atoms with Gasteiger partial charge in [0.1, 0.15) is 12.1 Å². The topological polar surface area (TPSA) is 75.1 Å². The van der Waals surface area contributed by atoms with Gasteiger partial charge in [-0.2, -0.15) is 0 Å². The van der Waals surface area contributed by atoms with Crippen LogP contribution in [0.15, 0.2) is 36.7 Å². The number of carbonyl (C=O) groups is 1. The molecule has 1 heterocycles. The minimum atomic E-state index is -0.834. The lowest BCUT2D eigenvalue weighted by Crippen LogP contribution is -2.22. The summed E-state index contributed by atoms with van der Waals surface area (Å²) in [6.07, 6.45) is 4.57. The number of anilines is 1. The molecule has 108 valence electrons. The van der Waals surface area contributed by atoms with Gasteiger partial charge in [0.25, 0.3) is 0 Å². The fraction of sp³-hybridized carbons (Fsp3) is 0.312. The van der Waals surface area contributed by atoms with Crippen molar-refractivity contribution in [2.45, 2.75) is 25.2 Å². The highest BCUT2D eigenvalue weighted by molar-refractivity contribution is 5.77.